The number of fused-ring (bicyclic) bond motifs is 9. The van der Waals surface area contributed by atoms with Crippen LogP contribution in [0.4, 0.5) is 17.1 Å². The predicted octanol–water partition coefficient (Wildman–Crippen LogP) is 15.6. The fraction of sp³-hybridized carbons (Fsp3) is 0. The van der Waals surface area contributed by atoms with Crippen LogP contribution in [-0.2, 0) is 0 Å². The Bertz CT molecular complexity index is 3160. The van der Waals surface area contributed by atoms with Crippen molar-refractivity contribution in [2.24, 2.45) is 0 Å². The molecule has 2 aromatic heterocycles. The maximum atomic E-state index is 6.33. The molecular formula is C52H33NOS. The van der Waals surface area contributed by atoms with Crippen LogP contribution in [0.2, 0.25) is 0 Å². The van der Waals surface area contributed by atoms with E-state index >= 15 is 0 Å². The van der Waals surface area contributed by atoms with Gasteiger partial charge in [-0.25, -0.2) is 0 Å². The third-order valence-corrected chi connectivity index (χ3v) is 12.1. The number of hydrogen-bond acceptors (Lipinski definition) is 3. The first kappa shape index (κ1) is 31.6. The first-order chi connectivity index (χ1) is 27.3. The number of benzene rings is 9. The molecule has 0 aliphatic carbocycles. The van der Waals surface area contributed by atoms with Crippen LogP contribution in [0.15, 0.2) is 205 Å². The summed E-state index contributed by atoms with van der Waals surface area (Å²) in [5.41, 5.74) is 12.5. The summed E-state index contributed by atoms with van der Waals surface area (Å²) in [7, 11) is 0. The number of furan rings is 1. The van der Waals surface area contributed by atoms with E-state index in [2.05, 4.69) is 199 Å². The Morgan fingerprint density at radius 2 is 0.891 bits per heavy atom. The average Bonchev–Trinajstić information content (AvgIpc) is 3.84. The van der Waals surface area contributed by atoms with Crippen LogP contribution in [0.25, 0.3) is 86.3 Å². The fourth-order valence-electron chi connectivity index (χ4n) is 8.25. The molecule has 0 saturated carbocycles. The normalized spacial score (nSPS) is 11.6. The zero-order chi connectivity index (χ0) is 36.3. The maximum Gasteiger partial charge on any atom is 0.136 e. The molecule has 11 rings (SSSR count). The van der Waals surface area contributed by atoms with Crippen LogP contribution in [0.3, 0.4) is 0 Å². The second-order valence-corrected chi connectivity index (χ2v) is 15.1. The highest BCUT2D eigenvalue weighted by Gasteiger charge is 2.18. The van der Waals surface area contributed by atoms with Crippen molar-refractivity contribution in [1.29, 1.82) is 0 Å². The third kappa shape index (κ3) is 5.32. The molecule has 0 N–H and O–H groups in total. The summed E-state index contributed by atoms with van der Waals surface area (Å²) in [5, 5.41) is 7.45. The topological polar surface area (TPSA) is 16.4 Å². The monoisotopic (exact) mass is 719 g/mol. The van der Waals surface area contributed by atoms with Gasteiger partial charge in [-0.1, -0.05) is 146 Å². The summed E-state index contributed by atoms with van der Waals surface area (Å²) in [6, 6.07) is 71.9. The first-order valence-corrected chi connectivity index (χ1v) is 19.5. The van der Waals surface area contributed by atoms with Gasteiger partial charge in [-0.3, -0.25) is 0 Å². The van der Waals surface area contributed by atoms with Crippen LogP contribution in [0, 0.1) is 0 Å². The summed E-state index contributed by atoms with van der Waals surface area (Å²) in [6.07, 6.45) is 0. The summed E-state index contributed by atoms with van der Waals surface area (Å²) in [6.45, 7) is 0. The van der Waals surface area contributed by atoms with Crippen molar-refractivity contribution < 1.29 is 4.42 Å². The molecular weight excluding hydrogens is 687 g/mol. The van der Waals surface area contributed by atoms with E-state index in [4.69, 9.17) is 4.42 Å². The highest BCUT2D eigenvalue weighted by molar-refractivity contribution is 7.26. The van der Waals surface area contributed by atoms with Crippen LogP contribution in [0.5, 0.6) is 0 Å². The van der Waals surface area contributed by atoms with Gasteiger partial charge >= 0.3 is 0 Å². The van der Waals surface area contributed by atoms with Crippen molar-refractivity contribution in [2.75, 3.05) is 4.90 Å². The quantitative estimate of drug-likeness (QED) is 0.170. The molecule has 0 saturated heterocycles. The van der Waals surface area contributed by atoms with Gasteiger partial charge in [-0.15, -0.1) is 11.3 Å². The third-order valence-electron chi connectivity index (χ3n) is 10.9. The lowest BCUT2D eigenvalue weighted by Crippen LogP contribution is -2.09. The number of anilines is 3. The van der Waals surface area contributed by atoms with Crippen molar-refractivity contribution >= 4 is 81.3 Å². The fourth-order valence-corrected chi connectivity index (χ4v) is 9.50. The zero-order valence-corrected chi connectivity index (χ0v) is 30.6. The molecule has 11 aromatic rings. The summed E-state index contributed by atoms with van der Waals surface area (Å²) >= 11 is 1.88. The SMILES string of the molecule is c1ccc(-c2ccc(-c3ccc(N(c4ccccc4)c4ccc(-c5cccc6c5sc5ccc7ccc8oc9ccccc9c8c7c56)cc4)cc3)cc2)cc1. The Morgan fingerprint density at radius 1 is 0.345 bits per heavy atom. The lowest BCUT2D eigenvalue weighted by molar-refractivity contribution is 0.669. The van der Waals surface area contributed by atoms with Gasteiger partial charge in [-0.2, -0.15) is 0 Å². The summed E-state index contributed by atoms with van der Waals surface area (Å²) < 4.78 is 8.92. The van der Waals surface area contributed by atoms with Crippen LogP contribution in [0.1, 0.15) is 0 Å². The minimum absolute atomic E-state index is 0.927. The number of hydrogen-bond donors (Lipinski definition) is 0. The Hall–Kier alpha value is -6.94. The van der Waals surface area contributed by atoms with E-state index < -0.39 is 0 Å². The molecule has 0 spiro atoms. The van der Waals surface area contributed by atoms with E-state index in [9.17, 15) is 0 Å². The Balaban J connectivity index is 0.973. The minimum atomic E-state index is 0.927. The lowest BCUT2D eigenvalue weighted by atomic mass is 9.97. The van der Waals surface area contributed by atoms with E-state index in [1.165, 1.54) is 69.7 Å². The number of rotatable bonds is 6. The van der Waals surface area contributed by atoms with E-state index in [1.807, 2.05) is 17.4 Å². The van der Waals surface area contributed by atoms with Crippen molar-refractivity contribution in [3.05, 3.63) is 200 Å². The largest absolute Gasteiger partial charge is 0.456 e. The first-order valence-electron chi connectivity index (χ1n) is 18.7. The molecule has 2 nitrogen and oxygen atoms in total. The zero-order valence-electron chi connectivity index (χ0n) is 29.8. The molecule has 0 amide bonds. The summed E-state index contributed by atoms with van der Waals surface area (Å²) in [5.74, 6) is 0. The van der Waals surface area contributed by atoms with Crippen molar-refractivity contribution in [1.82, 2.24) is 0 Å². The molecule has 9 aromatic carbocycles. The molecule has 0 radical (unpaired) electrons. The maximum absolute atomic E-state index is 6.33. The number of para-hydroxylation sites is 2. The van der Waals surface area contributed by atoms with E-state index in [0.717, 1.165) is 33.6 Å². The Morgan fingerprint density at radius 3 is 1.60 bits per heavy atom. The van der Waals surface area contributed by atoms with E-state index in [1.54, 1.807) is 0 Å². The minimum Gasteiger partial charge on any atom is -0.456 e. The van der Waals surface area contributed by atoms with Crippen molar-refractivity contribution in [3.8, 4) is 33.4 Å². The van der Waals surface area contributed by atoms with E-state index in [0.29, 0.717) is 0 Å². The molecule has 2 heterocycles. The van der Waals surface area contributed by atoms with E-state index in [-0.39, 0.29) is 0 Å². The van der Waals surface area contributed by atoms with Gasteiger partial charge in [0.15, 0.2) is 0 Å². The Kier molecular flexibility index (Phi) is 7.39. The van der Waals surface area contributed by atoms with Crippen LogP contribution < -0.4 is 4.90 Å². The molecule has 0 aliphatic heterocycles. The highest BCUT2D eigenvalue weighted by Crippen LogP contribution is 2.46. The Labute approximate surface area is 322 Å². The second kappa shape index (κ2) is 12.9. The number of thiophene rings is 1. The highest BCUT2D eigenvalue weighted by atomic mass is 32.1. The molecule has 55 heavy (non-hydrogen) atoms. The molecule has 0 fully saturated rings. The molecule has 0 aliphatic rings. The van der Waals surface area contributed by atoms with Gasteiger partial charge in [0.05, 0.1) is 0 Å². The van der Waals surface area contributed by atoms with Crippen LogP contribution in [-0.4, -0.2) is 0 Å². The van der Waals surface area contributed by atoms with Gasteiger partial charge in [0.1, 0.15) is 11.2 Å². The van der Waals surface area contributed by atoms with Gasteiger partial charge in [0, 0.05) is 53.4 Å². The van der Waals surface area contributed by atoms with Gasteiger partial charge in [0.2, 0.25) is 0 Å². The molecule has 3 heteroatoms. The molecule has 0 bridgehead atoms. The predicted molar refractivity (Wildman–Crippen MR) is 235 cm³/mol. The van der Waals surface area contributed by atoms with Crippen molar-refractivity contribution in [2.45, 2.75) is 0 Å². The summed E-state index contributed by atoms with van der Waals surface area (Å²) in [4.78, 5) is 2.33. The van der Waals surface area contributed by atoms with Crippen LogP contribution >= 0.6 is 11.3 Å². The van der Waals surface area contributed by atoms with Crippen molar-refractivity contribution in [3.63, 3.8) is 0 Å². The average molecular weight is 720 g/mol. The molecule has 0 atom stereocenters. The number of nitrogens with zero attached hydrogens (tertiary/aromatic N) is 1. The molecule has 0 unspecified atom stereocenters. The molecule has 258 valence electrons. The smallest absolute Gasteiger partial charge is 0.136 e. The van der Waals surface area contributed by atoms with Gasteiger partial charge in [-0.05, 0) is 93.4 Å². The second-order valence-electron chi connectivity index (χ2n) is 14.1. The van der Waals surface area contributed by atoms with Gasteiger partial charge in [0.25, 0.3) is 0 Å². The van der Waals surface area contributed by atoms with Gasteiger partial charge < -0.3 is 9.32 Å². The standard InChI is InChI=1S/C52H33NOS/c1-3-10-34(11-4-1)35-18-20-36(21-19-35)37-22-28-41(29-23-37)53(40-12-5-2-6-13-40)42-30-24-38(25-31-42)43-15-9-16-45-51-48(55-52(43)45)33-27-39-26-32-47-50(49(39)51)44-14-7-8-17-46(44)54-47/h1-33H. The lowest BCUT2D eigenvalue weighted by Gasteiger charge is -2.26.